The first kappa shape index (κ1) is 12.2. The first-order chi connectivity index (χ1) is 7.65. The Kier molecular flexibility index (Phi) is 4.47. The second-order valence-electron chi connectivity index (χ2n) is 2.99. The zero-order chi connectivity index (χ0) is 12.0. The zero-order valence-electron chi connectivity index (χ0n) is 8.84. The van der Waals surface area contributed by atoms with E-state index >= 15 is 0 Å². The molecule has 0 aliphatic heterocycles. The van der Waals surface area contributed by atoms with Crippen molar-refractivity contribution < 1.29 is 19.4 Å². The molecule has 1 rings (SSSR count). The van der Waals surface area contributed by atoms with Gasteiger partial charge in [0, 0.05) is 5.56 Å². The second-order valence-corrected chi connectivity index (χ2v) is 2.99. The van der Waals surface area contributed by atoms with Gasteiger partial charge in [-0.25, -0.2) is 4.79 Å². The molecule has 1 amide bonds. The Morgan fingerprint density at radius 2 is 2.00 bits per heavy atom. The summed E-state index contributed by atoms with van der Waals surface area (Å²) in [7, 11) is 0. The maximum atomic E-state index is 11.5. The number of ether oxygens (including phenoxy) is 1. The highest BCUT2D eigenvalue weighted by molar-refractivity contribution is 5.96. The van der Waals surface area contributed by atoms with Gasteiger partial charge in [0.15, 0.2) is 0 Å². The molecule has 0 saturated carbocycles. The van der Waals surface area contributed by atoms with Crippen LogP contribution in [0.1, 0.15) is 17.3 Å². The molecule has 5 nitrogen and oxygen atoms in total. The summed E-state index contributed by atoms with van der Waals surface area (Å²) in [6, 6.07) is 8.29. The van der Waals surface area contributed by atoms with Gasteiger partial charge in [-0.05, 0) is 19.1 Å². The van der Waals surface area contributed by atoms with Crippen molar-refractivity contribution in [2.75, 3.05) is 6.61 Å². The van der Waals surface area contributed by atoms with Crippen molar-refractivity contribution >= 4 is 11.9 Å². The molecule has 0 aromatic heterocycles. The molecule has 0 radical (unpaired) electrons. The maximum absolute atomic E-state index is 11.5. The van der Waals surface area contributed by atoms with Gasteiger partial charge in [-0.1, -0.05) is 18.2 Å². The largest absolute Gasteiger partial charge is 0.463 e. The van der Waals surface area contributed by atoms with E-state index in [0.717, 1.165) is 0 Å². The number of esters is 1. The quantitative estimate of drug-likeness (QED) is 0.568. The second kappa shape index (κ2) is 5.87. The lowest BCUT2D eigenvalue weighted by molar-refractivity contribution is -0.154. The lowest BCUT2D eigenvalue weighted by Gasteiger charge is -2.11. The summed E-state index contributed by atoms with van der Waals surface area (Å²) in [6.07, 6.45) is -1.63. The van der Waals surface area contributed by atoms with Gasteiger partial charge < -0.3 is 15.2 Å². The number of hydrogen-bond donors (Lipinski definition) is 2. The third kappa shape index (κ3) is 3.36. The minimum Gasteiger partial charge on any atom is -0.463 e. The van der Waals surface area contributed by atoms with Crippen LogP contribution in [0.5, 0.6) is 0 Å². The predicted octanol–water partition coefficient (Wildman–Crippen LogP) is 0.298. The Balaban J connectivity index is 2.55. The van der Waals surface area contributed by atoms with E-state index in [9.17, 15) is 14.7 Å². The number of amides is 1. The van der Waals surface area contributed by atoms with E-state index in [1.807, 2.05) is 0 Å². The molecular weight excluding hydrogens is 210 g/mol. The van der Waals surface area contributed by atoms with Gasteiger partial charge >= 0.3 is 5.97 Å². The minimum absolute atomic E-state index is 0.150. The Morgan fingerprint density at radius 3 is 2.56 bits per heavy atom. The topological polar surface area (TPSA) is 75.6 Å². The standard InChI is InChI=1S/C11H13NO4/c1-2-16-11(15)10(14)12-9(13)8-6-4-3-5-7-8/h3-7,10,14H,2H2,1H3,(H,12,13). The SMILES string of the molecule is CCOC(=O)C(O)NC(=O)c1ccccc1. The summed E-state index contributed by atoms with van der Waals surface area (Å²) in [4.78, 5) is 22.5. The Hall–Kier alpha value is -1.88. The predicted molar refractivity (Wildman–Crippen MR) is 56.5 cm³/mol. The third-order valence-electron chi connectivity index (χ3n) is 1.81. The summed E-state index contributed by atoms with van der Waals surface area (Å²) in [5, 5.41) is 11.4. The van der Waals surface area contributed by atoms with Crippen LogP contribution in [0.2, 0.25) is 0 Å². The van der Waals surface area contributed by atoms with Gasteiger partial charge in [0.05, 0.1) is 6.61 Å². The summed E-state index contributed by atoms with van der Waals surface area (Å²) in [5.41, 5.74) is 0.367. The van der Waals surface area contributed by atoms with E-state index in [0.29, 0.717) is 5.56 Å². The summed E-state index contributed by atoms with van der Waals surface area (Å²) >= 11 is 0. The molecule has 16 heavy (non-hydrogen) atoms. The fourth-order valence-corrected chi connectivity index (χ4v) is 1.08. The van der Waals surface area contributed by atoms with E-state index in [4.69, 9.17) is 0 Å². The van der Waals surface area contributed by atoms with E-state index in [1.165, 1.54) is 0 Å². The van der Waals surface area contributed by atoms with Crippen LogP contribution in [0, 0.1) is 0 Å². The van der Waals surface area contributed by atoms with Crippen LogP contribution in [0.4, 0.5) is 0 Å². The summed E-state index contributed by atoms with van der Waals surface area (Å²) in [5.74, 6) is -1.40. The van der Waals surface area contributed by atoms with Crippen LogP contribution in [0.15, 0.2) is 30.3 Å². The normalized spacial score (nSPS) is 11.6. The van der Waals surface area contributed by atoms with E-state index in [1.54, 1.807) is 37.3 Å². The average Bonchev–Trinajstić information content (AvgIpc) is 2.30. The molecule has 2 N–H and O–H groups in total. The Bertz CT molecular complexity index is 364. The van der Waals surface area contributed by atoms with Gasteiger partial charge in [-0.2, -0.15) is 0 Å². The molecule has 1 unspecified atom stereocenters. The molecule has 0 heterocycles. The summed E-state index contributed by atoms with van der Waals surface area (Å²) in [6.45, 7) is 1.76. The van der Waals surface area contributed by atoms with Crippen molar-refractivity contribution in [1.29, 1.82) is 0 Å². The number of hydrogen-bond acceptors (Lipinski definition) is 4. The fraction of sp³-hybridized carbons (Fsp3) is 0.273. The molecule has 86 valence electrons. The maximum Gasteiger partial charge on any atom is 0.356 e. The molecular formula is C11H13NO4. The Labute approximate surface area is 93.0 Å². The van der Waals surface area contributed by atoms with Crippen LogP contribution in [-0.2, 0) is 9.53 Å². The number of rotatable bonds is 4. The van der Waals surface area contributed by atoms with Gasteiger partial charge in [-0.3, -0.25) is 4.79 Å². The monoisotopic (exact) mass is 223 g/mol. The number of aliphatic hydroxyl groups is 1. The first-order valence-corrected chi connectivity index (χ1v) is 4.85. The number of carbonyl (C=O) groups is 2. The zero-order valence-corrected chi connectivity index (χ0v) is 8.84. The highest BCUT2D eigenvalue weighted by Crippen LogP contribution is 1.98. The van der Waals surface area contributed by atoms with Gasteiger partial charge in [0.25, 0.3) is 5.91 Å². The van der Waals surface area contributed by atoms with Crippen molar-refractivity contribution in [1.82, 2.24) is 5.32 Å². The number of carbonyl (C=O) groups excluding carboxylic acids is 2. The van der Waals surface area contributed by atoms with Crippen molar-refractivity contribution in [2.45, 2.75) is 13.2 Å². The average molecular weight is 223 g/mol. The molecule has 1 aromatic carbocycles. The van der Waals surface area contributed by atoms with Gasteiger partial charge in [-0.15, -0.1) is 0 Å². The van der Waals surface area contributed by atoms with Crippen LogP contribution < -0.4 is 5.32 Å². The fourth-order valence-electron chi connectivity index (χ4n) is 1.08. The van der Waals surface area contributed by atoms with Crippen molar-refractivity contribution in [3.63, 3.8) is 0 Å². The van der Waals surface area contributed by atoms with Gasteiger partial charge in [0.2, 0.25) is 6.23 Å². The molecule has 0 fully saturated rings. The highest BCUT2D eigenvalue weighted by atomic mass is 16.5. The van der Waals surface area contributed by atoms with Crippen LogP contribution in [0.3, 0.4) is 0 Å². The van der Waals surface area contributed by atoms with E-state index in [-0.39, 0.29) is 6.61 Å². The molecule has 1 aromatic rings. The smallest absolute Gasteiger partial charge is 0.356 e. The highest BCUT2D eigenvalue weighted by Gasteiger charge is 2.18. The third-order valence-corrected chi connectivity index (χ3v) is 1.81. The molecule has 0 aliphatic carbocycles. The van der Waals surface area contributed by atoms with E-state index < -0.39 is 18.1 Å². The van der Waals surface area contributed by atoms with Crippen LogP contribution >= 0.6 is 0 Å². The molecule has 1 atom stereocenters. The number of aliphatic hydroxyl groups excluding tert-OH is 1. The minimum atomic E-state index is -1.63. The number of benzene rings is 1. The van der Waals surface area contributed by atoms with Crippen molar-refractivity contribution in [3.05, 3.63) is 35.9 Å². The molecule has 0 aliphatic rings. The summed E-state index contributed by atoms with van der Waals surface area (Å²) < 4.78 is 4.54. The first-order valence-electron chi connectivity index (χ1n) is 4.85. The van der Waals surface area contributed by atoms with Gasteiger partial charge in [0.1, 0.15) is 0 Å². The molecule has 5 heteroatoms. The molecule has 0 spiro atoms. The lowest BCUT2D eigenvalue weighted by atomic mass is 10.2. The molecule has 0 saturated heterocycles. The van der Waals surface area contributed by atoms with Crippen molar-refractivity contribution in [3.8, 4) is 0 Å². The Morgan fingerprint density at radius 1 is 1.38 bits per heavy atom. The lowest BCUT2D eigenvalue weighted by Crippen LogP contribution is -2.41. The molecule has 0 bridgehead atoms. The van der Waals surface area contributed by atoms with Crippen molar-refractivity contribution in [2.24, 2.45) is 0 Å². The number of nitrogens with one attached hydrogen (secondary N) is 1. The van der Waals surface area contributed by atoms with Crippen LogP contribution in [0.25, 0.3) is 0 Å². The van der Waals surface area contributed by atoms with E-state index in [2.05, 4.69) is 10.1 Å². The van der Waals surface area contributed by atoms with Crippen LogP contribution in [-0.4, -0.2) is 29.8 Å².